The minimum Gasteiger partial charge on any atom is -0.507 e. The first kappa shape index (κ1) is 41.8. The number of carbonyl (C=O) groups is 5. The number of aromatic hydroxyl groups is 2. The largest absolute Gasteiger partial charge is 0.507 e. The van der Waals surface area contributed by atoms with Crippen LogP contribution in [0, 0.1) is 38.0 Å². The first-order chi connectivity index (χ1) is 27.5. The number of benzene rings is 5. The monoisotopic (exact) mass is 802 g/mol. The number of aryl methyl sites for hydroxylation is 1. The van der Waals surface area contributed by atoms with Crippen molar-refractivity contribution in [2.75, 3.05) is 16.0 Å². The number of carboxylic acids is 1. The molecule has 14 nitrogen and oxygen atoms in total. The number of Topliss-reactive ketones (excluding diaryl/α,β-unsaturated/α-hetero) is 1. The quantitative estimate of drug-likeness (QED) is 0.0629. The van der Waals surface area contributed by atoms with E-state index >= 15 is 0 Å². The van der Waals surface area contributed by atoms with Crippen molar-refractivity contribution in [1.29, 1.82) is 5.26 Å². The van der Waals surface area contributed by atoms with Gasteiger partial charge in [-0.15, -0.1) is 0 Å². The summed E-state index contributed by atoms with van der Waals surface area (Å²) in [5, 5.41) is 47.5. The summed E-state index contributed by atoms with van der Waals surface area (Å²) in [6.07, 6.45) is -0.530. The molecule has 6 N–H and O–H groups in total. The smallest absolute Gasteiger partial charge is 0.339 e. The van der Waals surface area contributed by atoms with Crippen molar-refractivity contribution in [3.05, 3.63) is 142 Å². The van der Waals surface area contributed by atoms with Gasteiger partial charge in [-0.1, -0.05) is 42.0 Å². The van der Waals surface area contributed by atoms with Crippen LogP contribution in [0.15, 0.2) is 102 Å². The van der Waals surface area contributed by atoms with Crippen molar-refractivity contribution in [2.45, 2.75) is 44.3 Å². The van der Waals surface area contributed by atoms with Gasteiger partial charge in [-0.25, -0.2) is 13.2 Å². The van der Waals surface area contributed by atoms with E-state index in [4.69, 9.17) is 0 Å². The molecule has 0 aliphatic heterocycles. The zero-order valence-corrected chi connectivity index (χ0v) is 32.3. The van der Waals surface area contributed by atoms with Crippen molar-refractivity contribution < 1.29 is 47.7 Å². The fourth-order valence-electron chi connectivity index (χ4n) is 5.90. The number of aromatic carboxylic acids is 1. The van der Waals surface area contributed by atoms with Crippen LogP contribution in [0.3, 0.4) is 0 Å². The summed E-state index contributed by atoms with van der Waals surface area (Å²) in [6, 6.07) is 25.4. The molecule has 5 rings (SSSR count). The molecule has 5 aromatic rings. The standard InChI is InChI=1S/C43H38N4O10S/c1-24-4-14-32(15-5-24)58(56,57)23-27-6-8-28(9-7-27)37(48)22-30(20-21-44)41(52)45-31-12-10-29(11-13-31)40(51)46-35-18-16-33(38(49)25(35)2)42(53)47-36-19-17-34(43(54)55)39(50)26(36)3/h4-19,30,49-50H,20,22-23H2,1-3H3,(H,45,52)(H,46,51)(H,47,53)(H,54,55). The summed E-state index contributed by atoms with van der Waals surface area (Å²) < 4.78 is 25.7. The van der Waals surface area contributed by atoms with E-state index in [1.165, 1.54) is 80.6 Å². The van der Waals surface area contributed by atoms with Crippen LogP contribution in [0.5, 0.6) is 11.5 Å². The van der Waals surface area contributed by atoms with Gasteiger partial charge in [0.2, 0.25) is 5.91 Å². The first-order valence-corrected chi connectivity index (χ1v) is 19.3. The number of hydrogen-bond acceptors (Lipinski definition) is 10. The lowest BCUT2D eigenvalue weighted by Gasteiger charge is -2.15. The van der Waals surface area contributed by atoms with Gasteiger partial charge < -0.3 is 31.3 Å². The van der Waals surface area contributed by atoms with E-state index in [0.717, 1.165) is 11.6 Å². The fourth-order valence-corrected chi connectivity index (χ4v) is 7.25. The molecular weight excluding hydrogens is 765 g/mol. The highest BCUT2D eigenvalue weighted by atomic mass is 32.2. The molecular formula is C43H38N4O10S. The summed E-state index contributed by atoms with van der Waals surface area (Å²) in [5.41, 5.74) is 2.27. The fraction of sp³-hybridized carbons (Fsp3) is 0.163. The minimum absolute atomic E-state index is 0.113. The predicted octanol–water partition coefficient (Wildman–Crippen LogP) is 6.94. The average Bonchev–Trinajstić information content (AvgIpc) is 3.18. The van der Waals surface area contributed by atoms with E-state index < -0.39 is 56.7 Å². The molecule has 0 saturated carbocycles. The number of anilines is 3. The number of phenolic OH excluding ortho intramolecular Hbond substituents is 1. The van der Waals surface area contributed by atoms with Gasteiger partial charge in [0.05, 0.1) is 28.2 Å². The van der Waals surface area contributed by atoms with Gasteiger partial charge in [0, 0.05) is 52.2 Å². The van der Waals surface area contributed by atoms with Gasteiger partial charge in [0.25, 0.3) is 11.8 Å². The molecule has 0 aliphatic rings. The van der Waals surface area contributed by atoms with E-state index in [1.54, 1.807) is 24.3 Å². The molecule has 296 valence electrons. The maximum absolute atomic E-state index is 13.2. The number of nitrogens with zero attached hydrogens (tertiary/aromatic N) is 1. The number of carboxylic acid groups (broad SMARTS) is 1. The van der Waals surface area contributed by atoms with Gasteiger partial charge in [0.1, 0.15) is 17.1 Å². The van der Waals surface area contributed by atoms with Crippen LogP contribution in [0.25, 0.3) is 0 Å². The Morgan fingerprint density at radius 2 is 1.21 bits per heavy atom. The Balaban J connectivity index is 1.18. The number of hydrogen-bond donors (Lipinski definition) is 6. The zero-order valence-electron chi connectivity index (χ0n) is 31.5. The summed E-state index contributed by atoms with van der Waals surface area (Å²) >= 11 is 0. The van der Waals surface area contributed by atoms with Crippen LogP contribution in [0.1, 0.15) is 76.5 Å². The second-order valence-electron chi connectivity index (χ2n) is 13.5. The Kier molecular flexibility index (Phi) is 12.7. The number of sulfone groups is 1. The second-order valence-corrected chi connectivity index (χ2v) is 15.5. The third-order valence-corrected chi connectivity index (χ3v) is 11.1. The lowest BCUT2D eigenvalue weighted by molar-refractivity contribution is -0.119. The van der Waals surface area contributed by atoms with Crippen LogP contribution >= 0.6 is 0 Å². The van der Waals surface area contributed by atoms with E-state index in [1.807, 2.05) is 13.0 Å². The Hall–Kier alpha value is -7.31. The Labute approximate surface area is 333 Å². The molecule has 0 heterocycles. The molecule has 1 atom stereocenters. The summed E-state index contributed by atoms with van der Waals surface area (Å²) in [6.45, 7) is 4.76. The molecule has 0 saturated heterocycles. The van der Waals surface area contributed by atoms with Crippen molar-refractivity contribution in [2.24, 2.45) is 5.92 Å². The molecule has 0 bridgehead atoms. The number of nitrogens with one attached hydrogen (secondary N) is 3. The van der Waals surface area contributed by atoms with Crippen LogP contribution in [0.2, 0.25) is 0 Å². The van der Waals surface area contributed by atoms with Crippen LogP contribution in [0.4, 0.5) is 17.1 Å². The minimum atomic E-state index is -3.61. The molecule has 58 heavy (non-hydrogen) atoms. The maximum atomic E-state index is 13.2. The number of ketones is 1. The first-order valence-electron chi connectivity index (χ1n) is 17.7. The van der Waals surface area contributed by atoms with Crippen LogP contribution in [-0.2, 0) is 20.4 Å². The second kappa shape index (κ2) is 17.7. The number of phenols is 2. The molecule has 0 aromatic heterocycles. The van der Waals surface area contributed by atoms with E-state index in [2.05, 4.69) is 16.0 Å². The van der Waals surface area contributed by atoms with Crippen LogP contribution < -0.4 is 16.0 Å². The van der Waals surface area contributed by atoms with Gasteiger partial charge in [-0.05, 0) is 87.0 Å². The van der Waals surface area contributed by atoms with E-state index in [-0.39, 0.29) is 68.2 Å². The molecule has 0 spiro atoms. The summed E-state index contributed by atoms with van der Waals surface area (Å²) in [5.74, 6) is -5.86. The predicted molar refractivity (Wildman–Crippen MR) is 215 cm³/mol. The van der Waals surface area contributed by atoms with E-state index in [9.17, 15) is 53.0 Å². The topological polar surface area (TPSA) is 240 Å². The average molecular weight is 803 g/mol. The molecule has 0 fully saturated rings. The van der Waals surface area contributed by atoms with E-state index in [0.29, 0.717) is 11.3 Å². The highest BCUT2D eigenvalue weighted by molar-refractivity contribution is 7.90. The lowest BCUT2D eigenvalue weighted by Crippen LogP contribution is -2.25. The number of amides is 3. The zero-order chi connectivity index (χ0) is 42.3. The molecule has 1 unspecified atom stereocenters. The third kappa shape index (κ3) is 9.73. The van der Waals surface area contributed by atoms with Crippen molar-refractivity contribution in [1.82, 2.24) is 0 Å². The van der Waals surface area contributed by atoms with Gasteiger partial charge in [0.15, 0.2) is 15.6 Å². The highest BCUT2D eigenvalue weighted by Crippen LogP contribution is 2.33. The number of rotatable bonds is 14. The van der Waals surface area contributed by atoms with Gasteiger partial charge >= 0.3 is 5.97 Å². The molecule has 0 aliphatic carbocycles. The number of nitriles is 1. The molecule has 3 amide bonds. The van der Waals surface area contributed by atoms with Gasteiger partial charge in [-0.3, -0.25) is 19.2 Å². The summed E-state index contributed by atoms with van der Waals surface area (Å²) in [7, 11) is -3.61. The number of carbonyl (C=O) groups excluding carboxylic acids is 4. The lowest BCUT2D eigenvalue weighted by atomic mass is 9.94. The molecule has 15 heteroatoms. The van der Waals surface area contributed by atoms with Crippen molar-refractivity contribution in [3.8, 4) is 17.6 Å². The van der Waals surface area contributed by atoms with Crippen molar-refractivity contribution >= 4 is 56.4 Å². The maximum Gasteiger partial charge on any atom is 0.339 e. The van der Waals surface area contributed by atoms with Crippen LogP contribution in [-0.4, -0.2) is 53.2 Å². The highest BCUT2D eigenvalue weighted by Gasteiger charge is 2.24. The van der Waals surface area contributed by atoms with Gasteiger partial charge in [-0.2, -0.15) is 5.26 Å². The Bertz CT molecular complexity index is 2580. The van der Waals surface area contributed by atoms with Crippen molar-refractivity contribution in [3.63, 3.8) is 0 Å². The normalized spacial score (nSPS) is 11.5. The SMILES string of the molecule is Cc1ccc(S(=O)(=O)Cc2ccc(C(=O)CC(CC#N)C(=O)Nc3ccc(C(=O)Nc4ccc(C(=O)Nc5ccc(C(=O)O)c(O)c5C)c(O)c4C)cc3)cc2)cc1. The Morgan fingerprint density at radius 3 is 1.78 bits per heavy atom. The molecule has 0 radical (unpaired) electrons. The Morgan fingerprint density at radius 1 is 0.672 bits per heavy atom. The third-order valence-electron chi connectivity index (χ3n) is 9.40. The summed E-state index contributed by atoms with van der Waals surface area (Å²) in [4.78, 5) is 63.8. The molecule has 5 aromatic carbocycles.